The summed E-state index contributed by atoms with van der Waals surface area (Å²) in [5.41, 5.74) is 1.79. The fraction of sp³-hybridized carbons (Fsp3) is 0.130. The number of para-hydroxylation sites is 1. The van der Waals surface area contributed by atoms with Gasteiger partial charge in [-0.1, -0.05) is 60.1 Å². The van der Waals surface area contributed by atoms with Gasteiger partial charge in [-0.25, -0.2) is 0 Å². The van der Waals surface area contributed by atoms with Crippen LogP contribution in [0.15, 0.2) is 72.8 Å². The van der Waals surface area contributed by atoms with Gasteiger partial charge in [-0.15, -0.1) is 0 Å². The van der Waals surface area contributed by atoms with Crippen LogP contribution in [0.25, 0.3) is 0 Å². The highest BCUT2D eigenvalue weighted by Gasteiger charge is 2.25. The molecule has 154 valence electrons. The van der Waals surface area contributed by atoms with Gasteiger partial charge in [0.1, 0.15) is 11.5 Å². The van der Waals surface area contributed by atoms with Crippen molar-refractivity contribution in [3.8, 4) is 11.5 Å². The van der Waals surface area contributed by atoms with Crippen LogP contribution in [0.4, 0.5) is 11.4 Å². The summed E-state index contributed by atoms with van der Waals surface area (Å²) >= 11 is 6.11. The molecule has 0 aliphatic heterocycles. The summed E-state index contributed by atoms with van der Waals surface area (Å²) < 4.78 is 10.5. The standard InChI is InChI=1S/C23H21ClN2O4/c1-29-20-14-19(21(30-2)13-18(20)24)25-22(27)23(28)26(17-11-7-4-8-12-17)15-16-9-5-3-6-10-16/h3-14H,15H2,1-2H3,(H,25,27). The number of amides is 2. The van der Waals surface area contributed by atoms with E-state index in [2.05, 4.69) is 5.32 Å². The van der Waals surface area contributed by atoms with Gasteiger partial charge >= 0.3 is 11.8 Å². The number of benzene rings is 3. The minimum Gasteiger partial charge on any atom is -0.495 e. The number of nitrogens with one attached hydrogen (secondary N) is 1. The molecule has 3 rings (SSSR count). The second-order valence-electron chi connectivity index (χ2n) is 6.35. The van der Waals surface area contributed by atoms with Crippen LogP contribution in [0, 0.1) is 0 Å². The second kappa shape index (κ2) is 9.80. The van der Waals surface area contributed by atoms with Crippen molar-refractivity contribution in [3.63, 3.8) is 0 Å². The van der Waals surface area contributed by atoms with Crippen LogP contribution < -0.4 is 19.7 Å². The molecule has 0 radical (unpaired) electrons. The molecule has 0 atom stereocenters. The highest BCUT2D eigenvalue weighted by molar-refractivity contribution is 6.44. The highest BCUT2D eigenvalue weighted by atomic mass is 35.5. The quantitative estimate of drug-likeness (QED) is 0.590. The highest BCUT2D eigenvalue weighted by Crippen LogP contribution is 2.36. The van der Waals surface area contributed by atoms with Crippen molar-refractivity contribution < 1.29 is 19.1 Å². The number of ether oxygens (including phenoxy) is 2. The maximum absolute atomic E-state index is 13.1. The number of methoxy groups -OCH3 is 2. The second-order valence-corrected chi connectivity index (χ2v) is 6.76. The maximum Gasteiger partial charge on any atom is 0.316 e. The van der Waals surface area contributed by atoms with Crippen LogP contribution in [0.3, 0.4) is 0 Å². The molecule has 0 aromatic heterocycles. The van der Waals surface area contributed by atoms with E-state index in [9.17, 15) is 9.59 Å². The first kappa shape index (κ1) is 21.2. The molecule has 0 fully saturated rings. The van der Waals surface area contributed by atoms with Crippen LogP contribution in [-0.2, 0) is 16.1 Å². The predicted molar refractivity (Wildman–Crippen MR) is 117 cm³/mol. The van der Waals surface area contributed by atoms with Gasteiger partial charge in [0, 0.05) is 17.8 Å². The Morgan fingerprint density at radius 1 is 0.900 bits per heavy atom. The number of anilines is 2. The van der Waals surface area contributed by atoms with Gasteiger partial charge in [0.05, 0.1) is 31.5 Å². The van der Waals surface area contributed by atoms with Gasteiger partial charge < -0.3 is 14.8 Å². The van der Waals surface area contributed by atoms with Crippen LogP contribution >= 0.6 is 11.6 Å². The van der Waals surface area contributed by atoms with E-state index in [1.54, 1.807) is 12.1 Å². The molecule has 6 nitrogen and oxygen atoms in total. The summed E-state index contributed by atoms with van der Waals surface area (Å²) in [7, 11) is 2.91. The normalized spacial score (nSPS) is 10.2. The molecule has 0 spiro atoms. The zero-order chi connectivity index (χ0) is 21.5. The Kier molecular flexibility index (Phi) is 6.93. The van der Waals surface area contributed by atoms with Crippen LogP contribution in [0.1, 0.15) is 5.56 Å². The van der Waals surface area contributed by atoms with E-state index < -0.39 is 11.8 Å². The molecule has 0 aliphatic rings. The Hall–Kier alpha value is -3.51. The third-order valence-corrected chi connectivity index (χ3v) is 4.71. The van der Waals surface area contributed by atoms with E-state index in [-0.39, 0.29) is 12.2 Å². The maximum atomic E-state index is 13.1. The third-order valence-electron chi connectivity index (χ3n) is 4.41. The molecule has 0 bridgehead atoms. The largest absolute Gasteiger partial charge is 0.495 e. The van der Waals surface area contributed by atoms with Crippen LogP contribution in [-0.4, -0.2) is 26.0 Å². The van der Waals surface area contributed by atoms with Gasteiger partial charge in [0.15, 0.2) is 0 Å². The lowest BCUT2D eigenvalue weighted by atomic mass is 10.2. The summed E-state index contributed by atoms with van der Waals surface area (Å²) in [5, 5.41) is 2.93. The Balaban J connectivity index is 1.88. The topological polar surface area (TPSA) is 67.9 Å². The van der Waals surface area contributed by atoms with E-state index in [0.717, 1.165) is 5.56 Å². The molecule has 1 N–H and O–H groups in total. The Labute approximate surface area is 180 Å². The van der Waals surface area contributed by atoms with E-state index in [1.807, 2.05) is 48.5 Å². The minimum atomic E-state index is -0.808. The van der Waals surface area contributed by atoms with E-state index in [1.165, 1.54) is 31.3 Å². The molecule has 0 unspecified atom stereocenters. The van der Waals surface area contributed by atoms with Gasteiger partial charge in [0.2, 0.25) is 0 Å². The molecule has 0 saturated heterocycles. The SMILES string of the molecule is COc1cc(NC(=O)C(=O)N(Cc2ccccc2)c2ccccc2)c(OC)cc1Cl. The van der Waals surface area contributed by atoms with Crippen molar-refractivity contribution in [1.29, 1.82) is 0 Å². The van der Waals surface area contributed by atoms with E-state index in [0.29, 0.717) is 22.2 Å². The average molecular weight is 425 g/mol. The summed E-state index contributed by atoms with van der Waals surface area (Å²) in [5.74, 6) is -0.848. The van der Waals surface area contributed by atoms with Crippen LogP contribution in [0.5, 0.6) is 11.5 Å². The number of nitrogens with zero attached hydrogens (tertiary/aromatic N) is 1. The van der Waals surface area contributed by atoms with Crippen molar-refractivity contribution >= 4 is 34.8 Å². The number of hydrogen-bond acceptors (Lipinski definition) is 4. The lowest BCUT2D eigenvalue weighted by Crippen LogP contribution is -2.39. The monoisotopic (exact) mass is 424 g/mol. The number of hydrogen-bond donors (Lipinski definition) is 1. The molecule has 3 aromatic rings. The molecule has 0 heterocycles. The lowest BCUT2D eigenvalue weighted by Gasteiger charge is -2.23. The Morgan fingerprint density at radius 2 is 1.50 bits per heavy atom. The van der Waals surface area contributed by atoms with Crippen LogP contribution in [0.2, 0.25) is 5.02 Å². The first-order valence-corrected chi connectivity index (χ1v) is 9.54. The first-order chi connectivity index (χ1) is 14.5. The summed E-state index contributed by atoms with van der Waals surface area (Å²) in [6, 6.07) is 21.5. The summed E-state index contributed by atoms with van der Waals surface area (Å²) in [6.07, 6.45) is 0. The molecular weight excluding hydrogens is 404 g/mol. The van der Waals surface area contributed by atoms with Gasteiger partial charge in [0.25, 0.3) is 0 Å². The molecule has 0 aliphatic carbocycles. The number of halogens is 1. The van der Waals surface area contributed by atoms with Gasteiger partial charge in [-0.3, -0.25) is 14.5 Å². The molecule has 2 amide bonds. The lowest BCUT2D eigenvalue weighted by molar-refractivity contribution is -0.134. The number of carbonyl (C=O) groups is 2. The summed E-state index contributed by atoms with van der Waals surface area (Å²) in [6.45, 7) is 0.248. The fourth-order valence-corrected chi connectivity index (χ4v) is 3.14. The van der Waals surface area contributed by atoms with Crippen molar-refractivity contribution in [2.45, 2.75) is 6.54 Å². The molecular formula is C23H21ClN2O4. The van der Waals surface area contributed by atoms with E-state index >= 15 is 0 Å². The number of carbonyl (C=O) groups excluding carboxylic acids is 2. The summed E-state index contributed by atoms with van der Waals surface area (Å²) in [4.78, 5) is 27.3. The zero-order valence-electron chi connectivity index (χ0n) is 16.6. The minimum absolute atomic E-state index is 0.248. The van der Waals surface area contributed by atoms with Crippen molar-refractivity contribution in [3.05, 3.63) is 83.4 Å². The van der Waals surface area contributed by atoms with Crippen molar-refractivity contribution in [2.75, 3.05) is 24.4 Å². The third kappa shape index (κ3) is 4.90. The molecule has 7 heteroatoms. The van der Waals surface area contributed by atoms with E-state index in [4.69, 9.17) is 21.1 Å². The molecule has 30 heavy (non-hydrogen) atoms. The Bertz CT molecular complexity index is 1030. The first-order valence-electron chi connectivity index (χ1n) is 9.17. The van der Waals surface area contributed by atoms with Gasteiger partial charge in [-0.2, -0.15) is 0 Å². The zero-order valence-corrected chi connectivity index (χ0v) is 17.3. The number of rotatable bonds is 6. The van der Waals surface area contributed by atoms with Crippen molar-refractivity contribution in [2.24, 2.45) is 0 Å². The predicted octanol–water partition coefficient (Wildman–Crippen LogP) is 4.53. The van der Waals surface area contributed by atoms with Gasteiger partial charge in [-0.05, 0) is 17.7 Å². The van der Waals surface area contributed by atoms with Crippen molar-refractivity contribution in [1.82, 2.24) is 0 Å². The fourth-order valence-electron chi connectivity index (χ4n) is 2.91. The average Bonchev–Trinajstić information content (AvgIpc) is 2.79. The molecule has 3 aromatic carbocycles. The smallest absolute Gasteiger partial charge is 0.316 e. The Morgan fingerprint density at radius 3 is 2.10 bits per heavy atom. The molecule has 0 saturated carbocycles.